The van der Waals surface area contributed by atoms with Crippen molar-refractivity contribution in [2.75, 3.05) is 23.8 Å². The van der Waals surface area contributed by atoms with E-state index >= 15 is 0 Å². The summed E-state index contributed by atoms with van der Waals surface area (Å²) in [6, 6.07) is 12.2. The molecular formula is C24H27N5O2S2. The molecule has 33 heavy (non-hydrogen) atoms. The summed E-state index contributed by atoms with van der Waals surface area (Å²) in [4.78, 5) is 16.0. The molecule has 1 unspecified atom stereocenters. The van der Waals surface area contributed by atoms with Crippen molar-refractivity contribution in [3.05, 3.63) is 46.8 Å². The van der Waals surface area contributed by atoms with E-state index in [4.69, 9.17) is 10.00 Å². The number of aryl methyl sites for hydroxylation is 2. The fraction of sp³-hybridized carbons (Fsp3) is 0.417. The lowest BCUT2D eigenvalue weighted by Gasteiger charge is -2.23. The topological polar surface area (TPSA) is 84.0 Å². The lowest BCUT2D eigenvalue weighted by Crippen LogP contribution is -2.33. The van der Waals surface area contributed by atoms with Gasteiger partial charge < -0.3 is 9.64 Å². The van der Waals surface area contributed by atoms with Crippen molar-refractivity contribution >= 4 is 34.7 Å². The Morgan fingerprint density at radius 1 is 1.33 bits per heavy atom. The summed E-state index contributed by atoms with van der Waals surface area (Å²) < 4.78 is 7.93. The van der Waals surface area contributed by atoms with Gasteiger partial charge in [0.2, 0.25) is 5.91 Å². The van der Waals surface area contributed by atoms with Crippen molar-refractivity contribution in [3.8, 4) is 16.8 Å². The van der Waals surface area contributed by atoms with Gasteiger partial charge in [-0.2, -0.15) is 5.26 Å². The van der Waals surface area contributed by atoms with E-state index < -0.39 is 0 Å². The van der Waals surface area contributed by atoms with Crippen LogP contribution < -0.4 is 4.90 Å². The monoisotopic (exact) mass is 481 g/mol. The van der Waals surface area contributed by atoms with Crippen LogP contribution in [0.15, 0.2) is 40.9 Å². The molecule has 1 amide bonds. The minimum atomic E-state index is -0.0513. The molecule has 7 nitrogen and oxygen atoms in total. The molecule has 4 rings (SSSR count). The maximum absolute atomic E-state index is 13.3. The zero-order valence-electron chi connectivity index (χ0n) is 18.9. The van der Waals surface area contributed by atoms with E-state index in [0.717, 1.165) is 47.0 Å². The largest absolute Gasteiger partial charge is 0.376 e. The first-order valence-corrected chi connectivity index (χ1v) is 12.9. The van der Waals surface area contributed by atoms with Gasteiger partial charge in [-0.1, -0.05) is 23.9 Å². The number of amides is 1. The Morgan fingerprint density at radius 3 is 2.82 bits per heavy atom. The second-order valence-electron chi connectivity index (χ2n) is 8.12. The first kappa shape index (κ1) is 23.5. The van der Waals surface area contributed by atoms with Crippen molar-refractivity contribution in [1.82, 2.24) is 14.8 Å². The van der Waals surface area contributed by atoms with E-state index in [2.05, 4.69) is 26.9 Å². The van der Waals surface area contributed by atoms with Gasteiger partial charge in [-0.05, 0) is 61.4 Å². The molecule has 2 aromatic heterocycles. The quantitative estimate of drug-likeness (QED) is 0.407. The zero-order chi connectivity index (χ0) is 23.2. The van der Waals surface area contributed by atoms with Gasteiger partial charge in [-0.15, -0.1) is 21.5 Å². The lowest BCUT2D eigenvalue weighted by molar-refractivity contribution is -0.116. The normalized spacial score (nSPS) is 15.5. The van der Waals surface area contributed by atoms with Crippen molar-refractivity contribution in [2.45, 2.75) is 50.9 Å². The molecule has 0 spiro atoms. The molecule has 0 aliphatic carbocycles. The number of benzene rings is 1. The summed E-state index contributed by atoms with van der Waals surface area (Å²) in [7, 11) is 0. The molecule has 172 valence electrons. The molecular weight excluding hydrogens is 454 g/mol. The lowest BCUT2D eigenvalue weighted by atomic mass is 10.1. The molecule has 1 saturated heterocycles. The molecule has 1 aliphatic heterocycles. The molecule has 1 aliphatic rings. The van der Waals surface area contributed by atoms with Crippen LogP contribution >= 0.6 is 23.1 Å². The number of hydrogen-bond donors (Lipinski definition) is 0. The van der Waals surface area contributed by atoms with E-state index in [1.807, 2.05) is 43.5 Å². The van der Waals surface area contributed by atoms with E-state index in [-0.39, 0.29) is 24.2 Å². The summed E-state index contributed by atoms with van der Waals surface area (Å²) in [6.45, 7) is 5.84. The minimum absolute atomic E-state index is 0.0513. The molecule has 9 heteroatoms. The standard InChI is InChI=1S/C24H27N5O2S2/c1-17-12-18(2)14-19(13-17)28(9-5-8-25)22(30)16-33-24-27-26-23(21-7-4-11-32-21)29(24)15-20-6-3-10-31-20/h4,7,11-14,20H,3,5-6,9-10,15-16H2,1-2H3. The van der Waals surface area contributed by atoms with Crippen molar-refractivity contribution in [3.63, 3.8) is 0 Å². The molecule has 1 atom stereocenters. The van der Waals surface area contributed by atoms with Crippen molar-refractivity contribution in [1.29, 1.82) is 5.26 Å². The number of thioether (sulfide) groups is 1. The zero-order valence-corrected chi connectivity index (χ0v) is 20.5. The Kier molecular flexibility index (Phi) is 7.81. The average Bonchev–Trinajstić information content (AvgIpc) is 3.55. The number of anilines is 1. The second kappa shape index (κ2) is 11.0. The van der Waals surface area contributed by atoms with Crippen LogP contribution in [0.25, 0.3) is 10.7 Å². The Balaban J connectivity index is 1.54. The highest BCUT2D eigenvalue weighted by atomic mass is 32.2. The van der Waals surface area contributed by atoms with Crippen LogP contribution in [-0.4, -0.2) is 45.7 Å². The average molecular weight is 482 g/mol. The van der Waals surface area contributed by atoms with Crippen LogP contribution in [0.2, 0.25) is 0 Å². The number of carbonyl (C=O) groups is 1. The van der Waals surface area contributed by atoms with Gasteiger partial charge in [0.25, 0.3) is 0 Å². The smallest absolute Gasteiger partial charge is 0.237 e. The van der Waals surface area contributed by atoms with Crippen LogP contribution in [0.1, 0.15) is 30.4 Å². The van der Waals surface area contributed by atoms with Crippen LogP contribution in [0.3, 0.4) is 0 Å². The van der Waals surface area contributed by atoms with Crippen LogP contribution in [0.4, 0.5) is 5.69 Å². The summed E-state index contributed by atoms with van der Waals surface area (Å²) in [5.74, 6) is 0.975. The van der Waals surface area contributed by atoms with E-state index in [0.29, 0.717) is 18.2 Å². The van der Waals surface area contributed by atoms with Crippen LogP contribution in [0, 0.1) is 25.2 Å². The predicted molar refractivity (Wildman–Crippen MR) is 132 cm³/mol. The van der Waals surface area contributed by atoms with E-state index in [1.54, 1.807) is 16.2 Å². The SMILES string of the molecule is Cc1cc(C)cc(N(CCC#N)C(=O)CSc2nnc(-c3cccs3)n2CC2CCCO2)c1. The number of ether oxygens (including phenoxy) is 1. The third kappa shape index (κ3) is 5.82. The number of nitrogens with zero attached hydrogens (tertiary/aromatic N) is 5. The second-order valence-corrected chi connectivity index (χ2v) is 10.0. The van der Waals surface area contributed by atoms with Gasteiger partial charge in [0, 0.05) is 18.8 Å². The van der Waals surface area contributed by atoms with Crippen molar-refractivity contribution < 1.29 is 9.53 Å². The molecule has 0 N–H and O–H groups in total. The van der Waals surface area contributed by atoms with Gasteiger partial charge >= 0.3 is 0 Å². The molecule has 3 heterocycles. The van der Waals surface area contributed by atoms with Crippen molar-refractivity contribution in [2.24, 2.45) is 0 Å². The minimum Gasteiger partial charge on any atom is -0.376 e. The number of carbonyl (C=O) groups excluding carboxylic acids is 1. The maximum atomic E-state index is 13.3. The highest BCUT2D eigenvalue weighted by Crippen LogP contribution is 2.29. The van der Waals surface area contributed by atoms with E-state index in [1.165, 1.54) is 11.8 Å². The first-order valence-electron chi connectivity index (χ1n) is 11.0. The Morgan fingerprint density at radius 2 is 2.15 bits per heavy atom. The Hall–Kier alpha value is -2.67. The summed E-state index contributed by atoms with van der Waals surface area (Å²) in [5.41, 5.74) is 3.00. The van der Waals surface area contributed by atoms with Crippen LogP contribution in [-0.2, 0) is 16.1 Å². The van der Waals surface area contributed by atoms with Gasteiger partial charge in [0.15, 0.2) is 11.0 Å². The molecule has 0 bridgehead atoms. The summed E-state index contributed by atoms with van der Waals surface area (Å²) in [5, 5.41) is 20.7. The Bertz CT molecular complexity index is 1110. The van der Waals surface area contributed by atoms with Gasteiger partial charge in [-0.3, -0.25) is 9.36 Å². The number of nitriles is 1. The fourth-order valence-corrected chi connectivity index (χ4v) is 5.55. The summed E-state index contributed by atoms with van der Waals surface area (Å²) in [6.07, 6.45) is 2.49. The highest BCUT2D eigenvalue weighted by molar-refractivity contribution is 7.99. The number of hydrogen-bond acceptors (Lipinski definition) is 7. The van der Waals surface area contributed by atoms with Gasteiger partial charge in [0.05, 0.1) is 35.8 Å². The fourth-order valence-electron chi connectivity index (χ4n) is 4.01. The maximum Gasteiger partial charge on any atom is 0.237 e. The third-order valence-corrected chi connectivity index (χ3v) is 7.28. The van der Waals surface area contributed by atoms with Gasteiger partial charge in [-0.25, -0.2) is 0 Å². The Labute approximate surface area is 202 Å². The molecule has 0 radical (unpaired) electrons. The summed E-state index contributed by atoms with van der Waals surface area (Å²) >= 11 is 3.01. The first-order chi connectivity index (χ1) is 16.0. The van der Waals surface area contributed by atoms with Crippen LogP contribution in [0.5, 0.6) is 0 Å². The number of rotatable bonds is 9. The predicted octanol–water partition coefficient (Wildman–Crippen LogP) is 4.84. The number of thiophene rings is 1. The molecule has 1 aromatic carbocycles. The molecule has 3 aromatic rings. The molecule has 1 fully saturated rings. The highest BCUT2D eigenvalue weighted by Gasteiger charge is 2.24. The van der Waals surface area contributed by atoms with E-state index in [9.17, 15) is 4.79 Å². The number of aromatic nitrogens is 3. The third-order valence-electron chi connectivity index (χ3n) is 5.46. The molecule has 0 saturated carbocycles. The van der Waals surface area contributed by atoms with Gasteiger partial charge in [0.1, 0.15) is 0 Å².